The van der Waals surface area contributed by atoms with Crippen molar-refractivity contribution in [2.75, 3.05) is 19.8 Å². The van der Waals surface area contributed by atoms with Gasteiger partial charge in [-0.1, -0.05) is 18.2 Å². The lowest BCUT2D eigenvalue weighted by Crippen LogP contribution is -2.47. The van der Waals surface area contributed by atoms with E-state index in [0.29, 0.717) is 19.4 Å². The fourth-order valence-electron chi connectivity index (χ4n) is 3.72. The number of amides is 2. The Balaban J connectivity index is 1.39. The molecule has 1 saturated heterocycles. The average Bonchev–Trinajstić information content (AvgIpc) is 3.28. The SMILES string of the molecule is O=C(CCCOc1ccccc1)NCC(=O)N1[C@H]2C[C@@]2(CO)C[C@H]1C(=O)O. The molecule has 0 bridgehead atoms. The van der Waals surface area contributed by atoms with Gasteiger partial charge in [-0.05, 0) is 31.4 Å². The second-order valence-electron chi connectivity index (χ2n) is 7.14. The Morgan fingerprint density at radius 1 is 1.22 bits per heavy atom. The number of piperidine rings is 1. The van der Waals surface area contributed by atoms with Crippen molar-refractivity contribution in [2.24, 2.45) is 5.41 Å². The maximum Gasteiger partial charge on any atom is 0.326 e. The Morgan fingerprint density at radius 3 is 2.63 bits per heavy atom. The number of nitrogens with zero attached hydrogens (tertiary/aromatic N) is 1. The highest BCUT2D eigenvalue weighted by Crippen LogP contribution is 2.59. The van der Waals surface area contributed by atoms with Crippen molar-refractivity contribution in [3.8, 4) is 5.75 Å². The molecule has 0 radical (unpaired) electrons. The first kappa shape index (κ1) is 19.2. The predicted molar refractivity (Wildman–Crippen MR) is 95.0 cm³/mol. The van der Waals surface area contributed by atoms with Crippen molar-refractivity contribution in [3.05, 3.63) is 30.3 Å². The summed E-state index contributed by atoms with van der Waals surface area (Å²) < 4.78 is 5.50. The van der Waals surface area contributed by atoms with E-state index in [-0.39, 0.29) is 37.9 Å². The van der Waals surface area contributed by atoms with Crippen LogP contribution in [0.1, 0.15) is 25.7 Å². The van der Waals surface area contributed by atoms with Gasteiger partial charge in [0, 0.05) is 17.9 Å². The minimum atomic E-state index is -1.08. The van der Waals surface area contributed by atoms with Crippen LogP contribution in [0.15, 0.2) is 30.3 Å². The number of ether oxygens (including phenoxy) is 1. The van der Waals surface area contributed by atoms with Crippen molar-refractivity contribution >= 4 is 17.8 Å². The van der Waals surface area contributed by atoms with Gasteiger partial charge in [0.25, 0.3) is 0 Å². The van der Waals surface area contributed by atoms with Crippen molar-refractivity contribution in [3.63, 3.8) is 0 Å². The smallest absolute Gasteiger partial charge is 0.326 e. The molecule has 2 aliphatic rings. The van der Waals surface area contributed by atoms with E-state index in [1.54, 1.807) is 0 Å². The molecular weight excluding hydrogens is 352 g/mol. The monoisotopic (exact) mass is 376 g/mol. The van der Waals surface area contributed by atoms with Gasteiger partial charge in [-0.2, -0.15) is 0 Å². The summed E-state index contributed by atoms with van der Waals surface area (Å²) >= 11 is 0. The number of likely N-dealkylation sites (tertiary alicyclic amines) is 1. The van der Waals surface area contributed by atoms with E-state index in [2.05, 4.69) is 5.32 Å². The summed E-state index contributed by atoms with van der Waals surface area (Å²) in [5.41, 5.74) is -0.475. The van der Waals surface area contributed by atoms with E-state index in [4.69, 9.17) is 4.74 Å². The van der Waals surface area contributed by atoms with Crippen molar-refractivity contribution in [1.82, 2.24) is 10.2 Å². The molecule has 3 rings (SSSR count). The largest absolute Gasteiger partial charge is 0.494 e. The number of rotatable bonds is 9. The van der Waals surface area contributed by atoms with Crippen LogP contribution in [0.2, 0.25) is 0 Å². The average molecular weight is 376 g/mol. The molecule has 3 N–H and O–H groups in total. The molecule has 1 heterocycles. The number of nitrogens with one attached hydrogen (secondary N) is 1. The van der Waals surface area contributed by atoms with Crippen LogP contribution in [0.5, 0.6) is 5.75 Å². The highest BCUT2D eigenvalue weighted by molar-refractivity contribution is 5.89. The van der Waals surface area contributed by atoms with Gasteiger partial charge in [0.1, 0.15) is 11.8 Å². The number of carbonyl (C=O) groups excluding carboxylic acids is 2. The van der Waals surface area contributed by atoms with Gasteiger partial charge < -0.3 is 25.2 Å². The van der Waals surface area contributed by atoms with Crippen molar-refractivity contribution < 1.29 is 29.3 Å². The van der Waals surface area contributed by atoms with Gasteiger partial charge in [-0.25, -0.2) is 4.79 Å². The molecule has 1 saturated carbocycles. The van der Waals surface area contributed by atoms with Crippen LogP contribution in [-0.2, 0) is 14.4 Å². The van der Waals surface area contributed by atoms with Gasteiger partial charge >= 0.3 is 5.97 Å². The fourth-order valence-corrected chi connectivity index (χ4v) is 3.72. The third-order valence-corrected chi connectivity index (χ3v) is 5.30. The zero-order valence-electron chi connectivity index (χ0n) is 15.0. The highest BCUT2D eigenvalue weighted by Gasteiger charge is 2.67. The Hall–Kier alpha value is -2.61. The maximum atomic E-state index is 12.4. The van der Waals surface area contributed by atoms with E-state index in [1.807, 2.05) is 30.3 Å². The van der Waals surface area contributed by atoms with Gasteiger partial charge in [-0.15, -0.1) is 0 Å². The minimum Gasteiger partial charge on any atom is -0.494 e. The molecule has 3 atom stereocenters. The number of hydrogen-bond donors (Lipinski definition) is 3. The number of carboxylic acid groups (broad SMARTS) is 1. The normalized spacial score (nSPS) is 25.6. The molecule has 2 fully saturated rings. The highest BCUT2D eigenvalue weighted by atomic mass is 16.5. The van der Waals surface area contributed by atoms with Crippen LogP contribution in [0.3, 0.4) is 0 Å². The quantitative estimate of drug-likeness (QED) is 0.537. The summed E-state index contributed by atoms with van der Waals surface area (Å²) in [5, 5.41) is 21.3. The second-order valence-corrected chi connectivity index (χ2v) is 7.14. The van der Waals surface area contributed by atoms with E-state index in [9.17, 15) is 24.6 Å². The third-order valence-electron chi connectivity index (χ3n) is 5.30. The molecule has 1 aliphatic carbocycles. The van der Waals surface area contributed by atoms with Crippen molar-refractivity contribution in [1.29, 1.82) is 0 Å². The molecule has 1 aliphatic heterocycles. The summed E-state index contributed by atoms with van der Waals surface area (Å²) in [5.74, 6) is -1.05. The first-order chi connectivity index (χ1) is 13.0. The number of benzene rings is 1. The summed E-state index contributed by atoms with van der Waals surface area (Å²) in [4.78, 5) is 37.0. The molecule has 8 heteroatoms. The molecule has 0 spiro atoms. The van der Waals surface area contributed by atoms with E-state index < -0.39 is 23.3 Å². The second kappa shape index (κ2) is 7.96. The summed E-state index contributed by atoms with van der Waals surface area (Å²) in [6, 6.07) is 8.10. The zero-order valence-corrected chi connectivity index (χ0v) is 15.0. The number of aliphatic hydroxyl groups excluding tert-OH is 1. The number of aliphatic carboxylic acids is 1. The third kappa shape index (κ3) is 4.21. The zero-order chi connectivity index (χ0) is 19.4. The minimum absolute atomic E-state index is 0.126. The first-order valence-electron chi connectivity index (χ1n) is 9.06. The fraction of sp³-hybridized carbons (Fsp3) is 0.526. The Bertz CT molecular complexity index is 709. The van der Waals surface area contributed by atoms with Crippen LogP contribution < -0.4 is 10.1 Å². The van der Waals surface area contributed by atoms with Crippen LogP contribution in [0, 0.1) is 5.41 Å². The molecule has 27 heavy (non-hydrogen) atoms. The van der Waals surface area contributed by atoms with Gasteiger partial charge in [-0.3, -0.25) is 9.59 Å². The number of carboxylic acids is 1. The summed E-state index contributed by atoms with van der Waals surface area (Å²) in [7, 11) is 0. The lowest BCUT2D eigenvalue weighted by Gasteiger charge is -2.24. The lowest BCUT2D eigenvalue weighted by atomic mass is 10.0. The molecule has 1 aromatic rings. The maximum absolute atomic E-state index is 12.4. The van der Waals surface area contributed by atoms with Crippen LogP contribution in [0.4, 0.5) is 0 Å². The first-order valence-corrected chi connectivity index (χ1v) is 9.06. The summed E-state index contributed by atoms with van der Waals surface area (Å²) in [6.07, 6.45) is 1.60. The Labute approximate surface area is 157 Å². The molecule has 0 aromatic heterocycles. The van der Waals surface area contributed by atoms with E-state index >= 15 is 0 Å². The topological polar surface area (TPSA) is 116 Å². The van der Waals surface area contributed by atoms with Gasteiger partial charge in [0.15, 0.2) is 0 Å². The number of para-hydroxylation sites is 1. The molecule has 8 nitrogen and oxygen atoms in total. The molecule has 1 aromatic carbocycles. The standard InChI is InChI=1S/C19H24N2O6/c22-12-19-9-14(18(25)26)21(15(19)10-19)17(24)11-20-16(23)7-4-8-27-13-5-2-1-3-6-13/h1-3,5-6,14-15,22H,4,7-12H2,(H,20,23)(H,25,26)/t14-,15-,19+/m0/s1. The number of aliphatic hydroxyl groups is 1. The number of fused-ring (bicyclic) bond motifs is 1. The Morgan fingerprint density at radius 2 is 1.96 bits per heavy atom. The predicted octanol–water partition coefficient (Wildman–Crippen LogP) is 0.398. The molecule has 0 unspecified atom stereocenters. The van der Waals surface area contributed by atoms with Gasteiger partial charge in [0.2, 0.25) is 11.8 Å². The lowest BCUT2D eigenvalue weighted by molar-refractivity contribution is -0.149. The summed E-state index contributed by atoms with van der Waals surface area (Å²) in [6.45, 7) is 0.0266. The van der Waals surface area contributed by atoms with E-state index in [0.717, 1.165) is 5.75 Å². The molecule has 2 amide bonds. The Kier molecular flexibility index (Phi) is 5.65. The van der Waals surface area contributed by atoms with Crippen LogP contribution in [-0.4, -0.2) is 64.7 Å². The van der Waals surface area contributed by atoms with Crippen LogP contribution >= 0.6 is 0 Å². The van der Waals surface area contributed by atoms with Crippen LogP contribution in [0.25, 0.3) is 0 Å². The molecule has 146 valence electrons. The molecular formula is C19H24N2O6. The van der Waals surface area contributed by atoms with E-state index in [1.165, 1.54) is 4.90 Å². The number of hydrogen-bond acceptors (Lipinski definition) is 5. The number of carbonyl (C=O) groups is 3. The van der Waals surface area contributed by atoms with Crippen molar-refractivity contribution in [2.45, 2.75) is 37.8 Å². The van der Waals surface area contributed by atoms with Gasteiger partial charge in [0.05, 0.1) is 19.8 Å².